The summed E-state index contributed by atoms with van der Waals surface area (Å²) in [6.07, 6.45) is 5.32. The predicted molar refractivity (Wildman–Crippen MR) is 140 cm³/mol. The first-order chi connectivity index (χ1) is 16.8. The Morgan fingerprint density at radius 3 is 2.78 bits per heavy atom. The van der Waals surface area contributed by atoms with E-state index in [1.54, 1.807) is 12.0 Å². The van der Waals surface area contributed by atoms with Gasteiger partial charge in [0.1, 0.15) is 11.4 Å². The van der Waals surface area contributed by atoms with Crippen molar-refractivity contribution in [2.75, 3.05) is 13.7 Å². The van der Waals surface area contributed by atoms with Crippen LogP contribution in [0.5, 0.6) is 5.75 Å². The highest BCUT2D eigenvalue weighted by Crippen LogP contribution is 2.47. The number of ether oxygens (including phenoxy) is 2. The molecule has 1 unspecified atom stereocenters. The minimum atomic E-state index is -0.540. The van der Waals surface area contributed by atoms with E-state index in [4.69, 9.17) is 26.8 Å². The second kappa shape index (κ2) is 9.71. The van der Waals surface area contributed by atoms with Crippen molar-refractivity contribution in [1.29, 1.82) is 0 Å². The maximum atomic E-state index is 13.4. The number of hydrogen-bond acceptors (Lipinski definition) is 6. The molecule has 1 aromatic rings. The van der Waals surface area contributed by atoms with Crippen molar-refractivity contribution in [2.24, 2.45) is 22.6 Å². The molecule has 0 bridgehead atoms. The Morgan fingerprint density at radius 2 is 2.11 bits per heavy atom. The molecule has 4 atom stereocenters. The molecule has 8 nitrogen and oxygen atoms in total. The molecule has 3 aliphatic rings. The number of carbonyl (C=O) groups excluding carboxylic acids is 2. The number of nitrogens with one attached hydrogen (secondary N) is 1. The minimum Gasteiger partial charge on any atom is -0.487 e. The van der Waals surface area contributed by atoms with Gasteiger partial charge in [-0.3, -0.25) is 14.5 Å². The lowest BCUT2D eigenvalue weighted by molar-refractivity contribution is -0.131. The standard InChI is InChI=1S/C27H37ClN4O4/c1-15-10-22-18(12-19(15)28)20(13-27(4,5)36-22)30-24(34)17-11-16(17)21(8-7-9-35-6)32-23(33)14-26(2,3)31-25(32)29/h7-8,10,12,16-17,20-21H,9,11,13-14H2,1-6H3,(H2,29,31)(H,30,34)/b8-7+/t16-,17-,20+,21?/m1/s1. The summed E-state index contributed by atoms with van der Waals surface area (Å²) in [6, 6.07) is 3.24. The molecule has 3 N–H and O–H groups in total. The number of rotatable bonds is 7. The highest BCUT2D eigenvalue weighted by molar-refractivity contribution is 6.31. The van der Waals surface area contributed by atoms with E-state index >= 15 is 0 Å². The van der Waals surface area contributed by atoms with E-state index in [9.17, 15) is 9.59 Å². The van der Waals surface area contributed by atoms with Gasteiger partial charge < -0.3 is 20.5 Å². The van der Waals surface area contributed by atoms with Crippen LogP contribution in [0.3, 0.4) is 0 Å². The highest BCUT2D eigenvalue weighted by Gasteiger charge is 2.52. The minimum absolute atomic E-state index is 0.0456. The predicted octanol–water partition coefficient (Wildman–Crippen LogP) is 3.90. The molecule has 0 spiro atoms. The van der Waals surface area contributed by atoms with Gasteiger partial charge in [0.15, 0.2) is 5.96 Å². The summed E-state index contributed by atoms with van der Waals surface area (Å²) in [5, 5.41) is 3.88. The molecule has 0 radical (unpaired) electrons. The van der Waals surface area contributed by atoms with Crippen LogP contribution in [-0.2, 0) is 14.3 Å². The quantitative estimate of drug-likeness (QED) is 0.534. The lowest BCUT2D eigenvalue weighted by Crippen LogP contribution is -2.54. The lowest BCUT2D eigenvalue weighted by atomic mass is 9.89. The van der Waals surface area contributed by atoms with Gasteiger partial charge in [-0.2, -0.15) is 0 Å². The zero-order valence-electron chi connectivity index (χ0n) is 21.9. The number of nitrogens with zero attached hydrogens (tertiary/aromatic N) is 2. The number of benzene rings is 1. The van der Waals surface area contributed by atoms with Gasteiger partial charge in [-0.15, -0.1) is 0 Å². The van der Waals surface area contributed by atoms with Crippen LogP contribution in [-0.4, -0.2) is 53.6 Å². The van der Waals surface area contributed by atoms with Gasteiger partial charge in [-0.25, -0.2) is 4.99 Å². The summed E-state index contributed by atoms with van der Waals surface area (Å²) in [7, 11) is 1.61. The Balaban J connectivity index is 1.54. The Morgan fingerprint density at radius 1 is 1.39 bits per heavy atom. The summed E-state index contributed by atoms with van der Waals surface area (Å²) in [5.74, 6) is 0.502. The van der Waals surface area contributed by atoms with Crippen molar-refractivity contribution in [3.8, 4) is 5.75 Å². The van der Waals surface area contributed by atoms with Crippen LogP contribution >= 0.6 is 11.6 Å². The van der Waals surface area contributed by atoms with Crippen molar-refractivity contribution in [3.05, 3.63) is 40.4 Å². The number of amides is 2. The van der Waals surface area contributed by atoms with Crippen LogP contribution in [0.4, 0.5) is 0 Å². The molecule has 1 aliphatic carbocycles. The van der Waals surface area contributed by atoms with E-state index in [0.29, 0.717) is 24.5 Å². The van der Waals surface area contributed by atoms with Crippen LogP contribution < -0.4 is 15.8 Å². The second-order valence-corrected chi connectivity index (χ2v) is 11.8. The maximum Gasteiger partial charge on any atom is 0.232 e. The average Bonchev–Trinajstić information content (AvgIpc) is 3.53. The fourth-order valence-electron chi connectivity index (χ4n) is 5.29. The number of carbonyl (C=O) groups is 2. The molecule has 2 amide bonds. The van der Waals surface area contributed by atoms with Gasteiger partial charge in [-0.1, -0.05) is 23.8 Å². The van der Waals surface area contributed by atoms with Crippen LogP contribution in [0, 0.1) is 18.8 Å². The smallest absolute Gasteiger partial charge is 0.232 e. The number of hydrogen-bond donors (Lipinski definition) is 2. The number of aryl methyl sites for hydroxylation is 1. The summed E-state index contributed by atoms with van der Waals surface area (Å²) >= 11 is 6.41. The maximum absolute atomic E-state index is 13.4. The van der Waals surface area contributed by atoms with Crippen molar-refractivity contribution in [3.63, 3.8) is 0 Å². The first-order valence-electron chi connectivity index (χ1n) is 12.4. The van der Waals surface area contributed by atoms with Crippen molar-refractivity contribution >= 4 is 29.4 Å². The fraction of sp³-hybridized carbons (Fsp3) is 0.593. The highest BCUT2D eigenvalue weighted by atomic mass is 35.5. The van der Waals surface area contributed by atoms with Crippen molar-refractivity contribution in [1.82, 2.24) is 10.2 Å². The summed E-state index contributed by atoms with van der Waals surface area (Å²) in [5.41, 5.74) is 7.10. The van der Waals surface area contributed by atoms with Crippen molar-refractivity contribution < 1.29 is 19.1 Å². The van der Waals surface area contributed by atoms with Gasteiger partial charge in [0.2, 0.25) is 11.8 Å². The number of nitrogens with two attached hydrogens (primary N) is 1. The van der Waals surface area contributed by atoms with E-state index in [2.05, 4.69) is 10.3 Å². The molecule has 2 aliphatic heterocycles. The van der Waals surface area contributed by atoms with Gasteiger partial charge in [-0.05, 0) is 64.7 Å². The molecule has 4 rings (SSSR count). The molecule has 0 saturated heterocycles. The largest absolute Gasteiger partial charge is 0.487 e. The van der Waals surface area contributed by atoms with Crippen LogP contribution in [0.2, 0.25) is 5.02 Å². The normalized spacial score (nSPS) is 27.2. The lowest BCUT2D eigenvalue weighted by Gasteiger charge is -2.38. The van der Waals surface area contributed by atoms with E-state index in [-0.39, 0.29) is 48.1 Å². The number of methoxy groups -OCH3 is 1. The number of aliphatic imine (C=N–C) groups is 1. The number of guanidine groups is 1. The molecule has 0 aromatic heterocycles. The van der Waals surface area contributed by atoms with E-state index in [1.807, 2.05) is 58.9 Å². The van der Waals surface area contributed by atoms with Crippen LogP contribution in [0.1, 0.15) is 64.1 Å². The summed E-state index contributed by atoms with van der Waals surface area (Å²) in [6.45, 7) is 10.1. The molecule has 2 heterocycles. The monoisotopic (exact) mass is 516 g/mol. The van der Waals surface area contributed by atoms with E-state index < -0.39 is 11.1 Å². The molecular weight excluding hydrogens is 480 g/mol. The van der Waals surface area contributed by atoms with Gasteiger partial charge in [0.25, 0.3) is 0 Å². The molecule has 1 aromatic carbocycles. The van der Waals surface area contributed by atoms with Crippen LogP contribution in [0.15, 0.2) is 29.3 Å². The fourth-order valence-corrected chi connectivity index (χ4v) is 5.46. The third-order valence-electron chi connectivity index (χ3n) is 7.09. The molecule has 36 heavy (non-hydrogen) atoms. The van der Waals surface area contributed by atoms with Gasteiger partial charge in [0, 0.05) is 30.0 Å². The zero-order valence-corrected chi connectivity index (χ0v) is 22.7. The molecule has 9 heteroatoms. The number of fused-ring (bicyclic) bond motifs is 1. The average molecular weight is 517 g/mol. The zero-order chi connectivity index (χ0) is 26.4. The Kier molecular flexibility index (Phi) is 7.14. The van der Waals surface area contributed by atoms with Gasteiger partial charge >= 0.3 is 0 Å². The Labute approximate surface area is 218 Å². The number of halogens is 1. The molecule has 1 saturated carbocycles. The Hall–Kier alpha value is -2.58. The molecule has 1 fully saturated rings. The Bertz CT molecular complexity index is 1110. The third kappa shape index (κ3) is 5.54. The molecular formula is C27H37ClN4O4. The SMILES string of the molecule is COC/C=C/C([C@@H]1C[C@H]1C(=O)N[C@H]1CC(C)(C)Oc2cc(C)c(Cl)cc21)N1C(=O)CC(C)(C)N=C1N. The van der Waals surface area contributed by atoms with Crippen molar-refractivity contribution in [2.45, 2.75) is 77.1 Å². The summed E-state index contributed by atoms with van der Waals surface area (Å²) < 4.78 is 11.3. The van der Waals surface area contributed by atoms with E-state index in [0.717, 1.165) is 16.9 Å². The van der Waals surface area contributed by atoms with E-state index in [1.165, 1.54) is 0 Å². The topological polar surface area (TPSA) is 106 Å². The first kappa shape index (κ1) is 26.5. The van der Waals surface area contributed by atoms with Crippen LogP contribution in [0.25, 0.3) is 0 Å². The molecule has 196 valence electrons. The summed E-state index contributed by atoms with van der Waals surface area (Å²) in [4.78, 5) is 32.6. The second-order valence-electron chi connectivity index (χ2n) is 11.4. The van der Waals surface area contributed by atoms with Gasteiger partial charge in [0.05, 0.1) is 30.7 Å². The third-order valence-corrected chi connectivity index (χ3v) is 7.50. The first-order valence-corrected chi connectivity index (χ1v) is 12.8.